The summed E-state index contributed by atoms with van der Waals surface area (Å²) in [4.78, 5) is 76.6. The maximum atomic E-state index is 16.2. The van der Waals surface area contributed by atoms with Crippen molar-refractivity contribution in [3.63, 3.8) is 0 Å². The number of aliphatic hydroxyl groups is 2. The molecule has 1 aliphatic carbocycles. The van der Waals surface area contributed by atoms with Crippen LogP contribution in [-0.2, 0) is 47.7 Å². The molecule has 1 amide bonds. The lowest BCUT2D eigenvalue weighted by Crippen LogP contribution is -2.61. The van der Waals surface area contributed by atoms with Gasteiger partial charge in [0.25, 0.3) is 11.7 Å². The van der Waals surface area contributed by atoms with Crippen LogP contribution in [0.25, 0.3) is 0 Å². The molecule has 1 saturated carbocycles. The van der Waals surface area contributed by atoms with Crippen LogP contribution in [-0.4, -0.2) is 141 Å². The SMILES string of the molecule is [2H]C1=C([2H])/C([2H])=C(\C([2H])([2H])[2H])[C@@]([2H])(OC([2H])([2H])[2H])C([2H])([2H])[C@@]2([2H])O[C@@](O)(C(=O)C(=O)N3C([2H])([2H])C([2H])([2H])C([2H])([2H])C([2H])([2H])[C@@]3([2H])C(=O)O[C@]([2H])([C@]([2H])(C)C([2H])([2H])[C@]3([2H])C([2H])([2H])C([2H])([2H])[C@]([2H])(n4nnnc4[2H])[C@]([2H])(OC)C3([2H])[2H])C([2H])([2H])C(=O)[C@]([2H])(C)/C([2H])=C(\C)[C@@]([2H])(O)[C@@]([2H])(OC)C(=O)[C@]([2H])(C)C([2H])(C)[C@]([2H])(C)\C([2H])=C\1[2H])[C@]([2H])(C)C([2H])([2H])C2([2H])[2H]. The van der Waals surface area contributed by atoms with E-state index >= 15 is 24.0 Å². The lowest BCUT2D eigenvalue weighted by molar-refractivity contribution is -0.265. The van der Waals surface area contributed by atoms with Crippen molar-refractivity contribution >= 4 is 29.2 Å². The number of fused-ring (bicyclic) bond motifs is 3. The van der Waals surface area contributed by atoms with Crippen LogP contribution in [0.5, 0.6) is 0 Å². The number of piperidine rings is 1. The smallest absolute Gasteiger partial charge is 0.329 e. The molecule has 0 spiro atoms. The zero-order valence-corrected chi connectivity index (χ0v) is 38.2. The first-order chi connectivity index (χ1) is 52.9. The lowest BCUT2D eigenvalue weighted by Gasteiger charge is -2.42. The van der Waals surface area contributed by atoms with Crippen LogP contribution in [0, 0.1) is 41.3 Å². The summed E-state index contributed by atoms with van der Waals surface area (Å²) in [6, 6.07) is -24.4. The van der Waals surface area contributed by atoms with Crippen molar-refractivity contribution in [2.24, 2.45) is 41.3 Å². The third-order valence-corrected chi connectivity index (χ3v) is 9.50. The van der Waals surface area contributed by atoms with Gasteiger partial charge in [0.1, 0.15) is 37.7 Å². The number of methoxy groups -OCH3 is 3. The molecule has 2 saturated heterocycles. The minimum Gasteiger partial charge on any atom is -0.460 e. The number of hydrogen-bond acceptors (Lipinski definition) is 15. The number of hydrogen-bond donors (Lipinski definition) is 2. The fraction of sp³-hybridized carbons (Fsp3) is 0.736. The number of tetrazole rings is 1. The van der Waals surface area contributed by atoms with Gasteiger partial charge in [-0.1, -0.05) is 77.9 Å². The average molecular weight is 1030 g/mol. The summed E-state index contributed by atoms with van der Waals surface area (Å²) < 4.78 is 499. The van der Waals surface area contributed by atoms with Crippen molar-refractivity contribution < 1.29 is 129 Å². The van der Waals surface area contributed by atoms with E-state index in [1.54, 1.807) is 0 Å². The highest BCUT2D eigenvalue weighted by molar-refractivity contribution is 6.39. The number of ketones is 3. The molecule has 5 rings (SSSR count). The number of aromatic nitrogens is 4. The van der Waals surface area contributed by atoms with Crippen LogP contribution in [0.3, 0.4) is 0 Å². The zero-order chi connectivity index (χ0) is 97.9. The first kappa shape index (κ1) is 18.6. The van der Waals surface area contributed by atoms with E-state index in [0.717, 1.165) is 0 Å². The number of nitrogens with zero attached hydrogens (tertiary/aromatic N) is 5. The molecule has 0 aromatic carbocycles. The Morgan fingerprint density at radius 1 is 1.01 bits per heavy atom. The summed E-state index contributed by atoms with van der Waals surface area (Å²) in [5.41, 5.74) is -4.88. The third kappa shape index (κ3) is 13.8. The fourth-order valence-electron chi connectivity index (χ4n) is 5.47. The normalized spacial score (nSPS) is 76.5. The molecule has 0 radical (unpaired) electrons. The Kier molecular flexibility index (Phi) is 6.88. The van der Waals surface area contributed by atoms with E-state index in [2.05, 4.69) is 20.3 Å². The number of amides is 1. The third-order valence-electron chi connectivity index (χ3n) is 9.50. The Balaban J connectivity index is 2.28. The van der Waals surface area contributed by atoms with E-state index in [1.165, 1.54) is 0 Å². The molecular formula is C53H81N5O12. The largest absolute Gasteiger partial charge is 0.460 e. The van der Waals surface area contributed by atoms with Gasteiger partial charge in [-0.25, -0.2) is 9.48 Å². The number of esters is 1. The molecule has 390 valence electrons. The summed E-state index contributed by atoms with van der Waals surface area (Å²) in [5, 5.41) is 34.2. The maximum absolute atomic E-state index is 16.2. The van der Waals surface area contributed by atoms with Gasteiger partial charge in [0.2, 0.25) is 5.79 Å². The van der Waals surface area contributed by atoms with Gasteiger partial charge in [0.05, 0.1) is 47.6 Å². The van der Waals surface area contributed by atoms with E-state index in [1.807, 2.05) is 0 Å². The zero-order valence-electron chi connectivity index (χ0n) is 90.2. The highest BCUT2D eigenvalue weighted by Gasteiger charge is 2.53. The molecule has 2 bridgehead atoms. The standard InChI is InChI=1S/C53H81N5O12/c1-31-17-13-12-14-18-32(2)44(66-9)28-40-22-20-36(6)53(65,70-40)50(62)51(63)57-24-16-15-19-42(57)52(64)69-45(34(4)26-39-21-23-41(46(27-39)67-10)58-30-54-55-56-58)29-43(59)33(3)25-35(5)47(60)49(68-11)48(61)38(8)37(31)7/h12-14,17-18,25,30-31,33-34,36-42,44-47,49,60,65H,15-16,19-24,26-29H2,1-11H3/b14-12-,17-13+,32-18+,35-25+/t31-,33-,34-,36-,37?,38-,39+,40+,41+,42+,44+,45+,46-,47-,49-,53-/m1/s1/i2D3,9D3,12D,13D,14D,15D2,16D2,17D,18D,19D2,20D2,21D2,22D2,23D2,24D2,25D,26D2,27D2,28D2,29D2,30D,31D,33D,34D,36D,37D,38D,39D,40D,41D,42D,44D,45D,46D,47D,49D. The number of allylic oxidation sites excluding steroid dienone is 6. The van der Waals surface area contributed by atoms with Gasteiger partial charge >= 0.3 is 5.97 Å². The Morgan fingerprint density at radius 3 is 2.47 bits per heavy atom. The molecule has 17 heteroatoms. The first-order valence-corrected chi connectivity index (χ1v) is 19.6. The molecule has 16 atom stereocenters. The molecule has 1 aromatic heterocycles. The van der Waals surface area contributed by atoms with E-state index < -0.39 is 286 Å². The fourth-order valence-corrected chi connectivity index (χ4v) is 5.47. The lowest BCUT2D eigenvalue weighted by atomic mass is 9.77. The highest BCUT2D eigenvalue weighted by atomic mass is 16.6. The molecule has 17 nitrogen and oxygen atoms in total. The van der Waals surface area contributed by atoms with Crippen molar-refractivity contribution in [3.8, 4) is 0 Å². The molecule has 3 fully saturated rings. The molecular weight excluding hydrogens is 899 g/mol. The minimum absolute atomic E-state index is 0.125. The predicted octanol–water partition coefficient (Wildman–Crippen LogP) is 6.29. The van der Waals surface area contributed by atoms with Crippen molar-refractivity contribution in [2.75, 3.05) is 27.8 Å². The summed E-state index contributed by atoms with van der Waals surface area (Å²) in [6.07, 6.45) is -93.5. The van der Waals surface area contributed by atoms with Gasteiger partial charge in [-0.05, 0) is 116 Å². The predicted molar refractivity (Wildman–Crippen MR) is 261 cm³/mol. The van der Waals surface area contributed by atoms with Gasteiger partial charge in [0.15, 0.2) is 5.78 Å². The second kappa shape index (κ2) is 25.9. The van der Waals surface area contributed by atoms with E-state index in [-0.39, 0.29) is 41.9 Å². The molecule has 2 N–H and O–H groups in total. The van der Waals surface area contributed by atoms with Gasteiger partial charge in [-0.2, -0.15) is 0 Å². The van der Waals surface area contributed by atoms with Crippen LogP contribution in [0.1, 0.15) is 203 Å². The summed E-state index contributed by atoms with van der Waals surface area (Å²) in [7, 11) is -4.47. The van der Waals surface area contributed by atoms with Gasteiger partial charge in [-0.3, -0.25) is 19.2 Å². The van der Waals surface area contributed by atoms with E-state index in [4.69, 9.17) is 49.1 Å². The van der Waals surface area contributed by atoms with Crippen LogP contribution in [0.4, 0.5) is 0 Å². The summed E-state index contributed by atoms with van der Waals surface area (Å²) in [5.74, 6) is -55.8. The molecule has 4 heterocycles. The molecule has 4 aliphatic rings. The van der Waals surface area contributed by atoms with Gasteiger partial charge < -0.3 is 38.8 Å². The second-order valence-electron chi connectivity index (χ2n) is 14.0. The Hall–Kier alpha value is -4.26. The van der Waals surface area contributed by atoms with Crippen molar-refractivity contribution in [3.05, 3.63) is 53.8 Å². The average Bonchev–Trinajstić information content (AvgIpc) is 0.880. The van der Waals surface area contributed by atoms with Crippen LogP contribution >= 0.6 is 0 Å². The maximum Gasteiger partial charge on any atom is 0.329 e. The van der Waals surface area contributed by atoms with Crippen molar-refractivity contribution in [2.45, 2.75) is 180 Å². The highest BCUT2D eigenvalue weighted by Crippen LogP contribution is 2.39. The molecule has 3 aliphatic heterocycles. The van der Waals surface area contributed by atoms with Crippen molar-refractivity contribution in [1.29, 1.82) is 0 Å². The second-order valence-corrected chi connectivity index (χ2v) is 14.0. The van der Waals surface area contributed by atoms with Gasteiger partial charge in [0, 0.05) is 105 Å². The number of carbonyl (C=O) groups is 5. The van der Waals surface area contributed by atoms with Crippen LogP contribution in [0.15, 0.2) is 53.8 Å². The molecule has 1 unspecified atom stereocenters. The van der Waals surface area contributed by atoms with Gasteiger partial charge in [-0.15, -0.1) is 5.10 Å². The Labute approximate surface area is 487 Å². The topological polar surface area (TPSA) is 219 Å². The number of rotatable bonds is 7. The summed E-state index contributed by atoms with van der Waals surface area (Å²) in [6.45, 7) is -10.7. The number of carbonyl (C=O) groups excluding carboxylic acids is 5. The molecule has 1 aromatic rings. The van der Waals surface area contributed by atoms with Crippen LogP contribution in [0.2, 0.25) is 0 Å². The van der Waals surface area contributed by atoms with E-state index in [9.17, 15) is 51.3 Å². The Bertz CT molecular complexity index is 4600. The summed E-state index contributed by atoms with van der Waals surface area (Å²) >= 11 is 0. The Morgan fingerprint density at radius 2 is 1.79 bits per heavy atom. The monoisotopic (exact) mass is 1030 g/mol. The number of ether oxygens (including phenoxy) is 5. The van der Waals surface area contributed by atoms with E-state index in [0.29, 0.717) is 13.8 Å². The van der Waals surface area contributed by atoms with Crippen LogP contribution < -0.4 is 0 Å². The minimum atomic E-state index is -6.18. The molecule has 70 heavy (non-hydrogen) atoms. The number of cyclic esters (lactones) is 1. The first-order valence-electron chi connectivity index (χ1n) is 45.6. The van der Waals surface area contributed by atoms with Crippen molar-refractivity contribution in [1.82, 2.24) is 25.1 Å². The quantitative estimate of drug-likeness (QED) is 0.174. The number of Topliss-reactive ketones (excluding diaryl/α,β-unsaturated/α-hetero) is 3.